The van der Waals surface area contributed by atoms with Crippen molar-refractivity contribution in [2.75, 3.05) is 6.54 Å². The average molecular weight is 251 g/mol. The highest BCUT2D eigenvalue weighted by molar-refractivity contribution is 4.87. The maximum absolute atomic E-state index is 3.79. The van der Waals surface area contributed by atoms with Crippen molar-refractivity contribution in [1.82, 2.24) is 5.32 Å². The van der Waals surface area contributed by atoms with Crippen LogP contribution in [-0.2, 0) is 0 Å². The molecule has 4 unspecified atom stereocenters. The lowest BCUT2D eigenvalue weighted by Gasteiger charge is -2.39. The Hall–Kier alpha value is -0.0400. The van der Waals surface area contributed by atoms with Gasteiger partial charge in [-0.15, -0.1) is 0 Å². The summed E-state index contributed by atoms with van der Waals surface area (Å²) in [4.78, 5) is 0. The average Bonchev–Trinajstić information content (AvgIpc) is 3.20. The van der Waals surface area contributed by atoms with Crippen molar-refractivity contribution in [1.29, 1.82) is 0 Å². The lowest BCUT2D eigenvalue weighted by atomic mass is 9.67. The first-order valence-electron chi connectivity index (χ1n) is 8.47. The van der Waals surface area contributed by atoms with E-state index in [0.717, 1.165) is 29.7 Å². The SMILES string of the molecule is CCCC(C)C1CC(CC)CCC1CNC1CC1. The minimum Gasteiger partial charge on any atom is -0.314 e. The van der Waals surface area contributed by atoms with Gasteiger partial charge in [-0.1, -0.05) is 46.5 Å². The third kappa shape index (κ3) is 3.98. The molecule has 0 heterocycles. The predicted octanol–water partition coefficient (Wildman–Crippen LogP) is 4.62. The van der Waals surface area contributed by atoms with Crippen molar-refractivity contribution in [3.05, 3.63) is 0 Å². The third-order valence-corrected chi connectivity index (χ3v) is 5.46. The summed E-state index contributed by atoms with van der Waals surface area (Å²) in [5.74, 6) is 3.92. The van der Waals surface area contributed by atoms with Crippen molar-refractivity contribution in [3.63, 3.8) is 0 Å². The molecule has 0 aliphatic heterocycles. The zero-order chi connectivity index (χ0) is 13.0. The van der Waals surface area contributed by atoms with Gasteiger partial charge in [0.05, 0.1) is 0 Å². The minimum atomic E-state index is 0.885. The van der Waals surface area contributed by atoms with E-state index in [0.29, 0.717) is 0 Å². The van der Waals surface area contributed by atoms with E-state index >= 15 is 0 Å². The van der Waals surface area contributed by atoms with E-state index in [1.54, 1.807) is 0 Å². The first-order chi connectivity index (χ1) is 8.74. The Labute approximate surface area is 114 Å². The van der Waals surface area contributed by atoms with Crippen LogP contribution >= 0.6 is 0 Å². The minimum absolute atomic E-state index is 0.885. The molecule has 0 aromatic carbocycles. The quantitative estimate of drug-likeness (QED) is 0.696. The van der Waals surface area contributed by atoms with Gasteiger partial charge in [0.25, 0.3) is 0 Å². The molecule has 0 spiro atoms. The molecule has 0 amide bonds. The van der Waals surface area contributed by atoms with Crippen LogP contribution in [0.25, 0.3) is 0 Å². The number of hydrogen-bond acceptors (Lipinski definition) is 1. The van der Waals surface area contributed by atoms with E-state index in [2.05, 4.69) is 26.1 Å². The van der Waals surface area contributed by atoms with Crippen molar-refractivity contribution < 1.29 is 0 Å². The fourth-order valence-corrected chi connectivity index (χ4v) is 3.96. The summed E-state index contributed by atoms with van der Waals surface area (Å²) in [7, 11) is 0. The van der Waals surface area contributed by atoms with Gasteiger partial charge in [-0.25, -0.2) is 0 Å². The molecule has 0 aromatic rings. The molecule has 2 rings (SSSR count). The molecule has 0 saturated heterocycles. The van der Waals surface area contributed by atoms with Crippen molar-refractivity contribution in [2.24, 2.45) is 23.7 Å². The van der Waals surface area contributed by atoms with Gasteiger partial charge < -0.3 is 5.32 Å². The van der Waals surface area contributed by atoms with E-state index in [-0.39, 0.29) is 0 Å². The number of nitrogens with one attached hydrogen (secondary N) is 1. The molecule has 2 saturated carbocycles. The van der Waals surface area contributed by atoms with E-state index in [4.69, 9.17) is 0 Å². The Kier molecular flexibility index (Phi) is 5.54. The highest BCUT2D eigenvalue weighted by Crippen LogP contribution is 2.40. The molecule has 0 bridgehead atoms. The first-order valence-corrected chi connectivity index (χ1v) is 8.47. The summed E-state index contributed by atoms with van der Waals surface area (Å²) in [6, 6.07) is 0.885. The summed E-state index contributed by atoms with van der Waals surface area (Å²) >= 11 is 0. The highest BCUT2D eigenvalue weighted by atomic mass is 14.9. The van der Waals surface area contributed by atoms with Crippen molar-refractivity contribution in [3.8, 4) is 0 Å². The van der Waals surface area contributed by atoms with Gasteiger partial charge in [0.1, 0.15) is 0 Å². The second-order valence-electron chi connectivity index (χ2n) is 6.96. The van der Waals surface area contributed by atoms with Crippen LogP contribution in [0.4, 0.5) is 0 Å². The van der Waals surface area contributed by atoms with Crippen molar-refractivity contribution >= 4 is 0 Å². The third-order valence-electron chi connectivity index (χ3n) is 5.46. The lowest BCUT2D eigenvalue weighted by molar-refractivity contribution is 0.118. The summed E-state index contributed by atoms with van der Waals surface area (Å²) in [5.41, 5.74) is 0. The molecule has 2 aliphatic carbocycles. The Morgan fingerprint density at radius 3 is 2.50 bits per heavy atom. The topological polar surface area (TPSA) is 12.0 Å². The van der Waals surface area contributed by atoms with Crippen molar-refractivity contribution in [2.45, 2.75) is 78.2 Å². The molecular formula is C17H33N. The van der Waals surface area contributed by atoms with Crippen LogP contribution in [0, 0.1) is 23.7 Å². The summed E-state index contributed by atoms with van der Waals surface area (Å²) in [6.45, 7) is 8.54. The number of hydrogen-bond donors (Lipinski definition) is 1. The smallest absolute Gasteiger partial charge is 0.00683 e. The normalized spacial score (nSPS) is 34.5. The first kappa shape index (κ1) is 14.4. The molecule has 1 N–H and O–H groups in total. The van der Waals surface area contributed by atoms with Crippen LogP contribution in [0.3, 0.4) is 0 Å². The van der Waals surface area contributed by atoms with E-state index in [9.17, 15) is 0 Å². The molecule has 1 nitrogen and oxygen atoms in total. The van der Waals surface area contributed by atoms with Gasteiger partial charge in [0.2, 0.25) is 0 Å². The van der Waals surface area contributed by atoms with Gasteiger partial charge in [-0.05, 0) is 55.9 Å². The Morgan fingerprint density at radius 2 is 1.89 bits per heavy atom. The molecule has 18 heavy (non-hydrogen) atoms. The van der Waals surface area contributed by atoms with Gasteiger partial charge >= 0.3 is 0 Å². The molecule has 1 heteroatoms. The molecule has 2 fully saturated rings. The van der Waals surface area contributed by atoms with Gasteiger partial charge in [-0.2, -0.15) is 0 Å². The van der Waals surface area contributed by atoms with Gasteiger partial charge in [-0.3, -0.25) is 0 Å². The predicted molar refractivity (Wildman–Crippen MR) is 79.7 cm³/mol. The monoisotopic (exact) mass is 251 g/mol. The highest BCUT2D eigenvalue weighted by Gasteiger charge is 2.33. The molecule has 4 atom stereocenters. The molecule has 0 radical (unpaired) electrons. The second-order valence-corrected chi connectivity index (χ2v) is 6.96. The molecule has 2 aliphatic rings. The van der Waals surface area contributed by atoms with Crippen LogP contribution in [0.2, 0.25) is 0 Å². The Morgan fingerprint density at radius 1 is 1.11 bits per heavy atom. The van der Waals surface area contributed by atoms with Crippen LogP contribution in [0.15, 0.2) is 0 Å². The fraction of sp³-hybridized carbons (Fsp3) is 1.00. The fourth-order valence-electron chi connectivity index (χ4n) is 3.96. The van der Waals surface area contributed by atoms with Crippen LogP contribution in [-0.4, -0.2) is 12.6 Å². The largest absolute Gasteiger partial charge is 0.314 e. The standard InChI is InChI=1S/C17H33N/c1-4-6-13(3)17-11-14(5-2)7-8-15(17)12-18-16-9-10-16/h13-18H,4-12H2,1-3H3. The molecule has 106 valence electrons. The van der Waals surface area contributed by atoms with Gasteiger partial charge in [0, 0.05) is 6.04 Å². The second kappa shape index (κ2) is 6.93. The van der Waals surface area contributed by atoms with Crippen LogP contribution < -0.4 is 5.32 Å². The molecule has 0 aromatic heterocycles. The van der Waals surface area contributed by atoms with Crippen LogP contribution in [0.1, 0.15) is 72.1 Å². The van der Waals surface area contributed by atoms with E-state index < -0.39 is 0 Å². The Bertz CT molecular complexity index is 234. The zero-order valence-electron chi connectivity index (χ0n) is 12.8. The zero-order valence-corrected chi connectivity index (χ0v) is 12.8. The van der Waals surface area contributed by atoms with E-state index in [1.165, 1.54) is 57.9 Å². The maximum atomic E-state index is 3.79. The van der Waals surface area contributed by atoms with E-state index in [1.807, 2.05) is 0 Å². The Balaban J connectivity index is 1.86. The lowest BCUT2D eigenvalue weighted by Crippen LogP contribution is -2.36. The maximum Gasteiger partial charge on any atom is 0.00683 e. The molecular weight excluding hydrogens is 218 g/mol. The summed E-state index contributed by atoms with van der Waals surface area (Å²) in [6.07, 6.45) is 11.5. The number of rotatable bonds is 7. The van der Waals surface area contributed by atoms with Crippen LogP contribution in [0.5, 0.6) is 0 Å². The van der Waals surface area contributed by atoms with Gasteiger partial charge in [0.15, 0.2) is 0 Å². The summed E-state index contributed by atoms with van der Waals surface area (Å²) in [5, 5.41) is 3.79. The summed E-state index contributed by atoms with van der Waals surface area (Å²) < 4.78 is 0.